The Labute approximate surface area is 236 Å². The Hall–Kier alpha value is -3.13. The number of nitrogens with one attached hydrogen (secondary N) is 1. The number of rotatable bonds is 3. The average Bonchev–Trinajstić information content (AvgIpc) is 3.33. The van der Waals surface area contributed by atoms with Crippen molar-refractivity contribution >= 4 is 64.7 Å². The molecule has 5 aromatic rings. The van der Waals surface area contributed by atoms with E-state index in [9.17, 15) is 9.18 Å². The Balaban J connectivity index is 0.000000163. The summed E-state index contributed by atoms with van der Waals surface area (Å²) >= 11 is 9.79. The Morgan fingerprint density at radius 2 is 1.51 bits per heavy atom. The van der Waals surface area contributed by atoms with E-state index >= 15 is 0 Å². The summed E-state index contributed by atoms with van der Waals surface area (Å²) in [6.45, 7) is 0. The number of nitrogens with zero attached hydrogens (tertiary/aromatic N) is 6. The van der Waals surface area contributed by atoms with Gasteiger partial charge < -0.3 is 0 Å². The number of pyridine rings is 4. The second-order valence-electron chi connectivity index (χ2n) is 6.93. The summed E-state index contributed by atoms with van der Waals surface area (Å²) in [6.07, 6.45) is 3.00. The molecule has 0 aliphatic heterocycles. The van der Waals surface area contributed by atoms with Crippen LogP contribution in [0.2, 0.25) is 0 Å². The van der Waals surface area contributed by atoms with E-state index in [1.54, 1.807) is 6.20 Å². The number of aromatic amines is 1. The topological polar surface area (TPSA) is 110 Å². The fraction of sp³-hybridized carbons (Fsp3) is 0.0833. The molecule has 0 unspecified atom stereocenters. The van der Waals surface area contributed by atoms with E-state index in [1.165, 1.54) is 32.5 Å². The summed E-state index contributed by atoms with van der Waals surface area (Å²) in [5.74, 6) is -1.36. The molecule has 0 aliphatic rings. The van der Waals surface area contributed by atoms with Crippen LogP contribution in [-0.4, -0.2) is 55.3 Å². The van der Waals surface area contributed by atoms with Crippen molar-refractivity contribution in [3.8, 4) is 11.4 Å². The second kappa shape index (κ2) is 14.0. The molecule has 0 aromatic carbocycles. The van der Waals surface area contributed by atoms with E-state index in [4.69, 9.17) is 0 Å². The molecule has 37 heavy (non-hydrogen) atoms. The minimum atomic E-state index is -0.795. The summed E-state index contributed by atoms with van der Waals surface area (Å²) in [5.41, 5.74) is 2.35. The number of carbonyl (C=O) groups is 1. The summed E-state index contributed by atoms with van der Waals surface area (Å²) in [4.78, 5) is 31.8. The molecule has 0 atom stereocenters. The third kappa shape index (κ3) is 8.18. The number of fused-ring (bicyclic) bond motifs is 1. The minimum Gasteiger partial charge on any atom is -0.274 e. The van der Waals surface area contributed by atoms with E-state index in [0.29, 0.717) is 5.65 Å². The Morgan fingerprint density at radius 1 is 0.892 bits per heavy atom. The molecule has 0 fully saturated rings. The molecule has 13 heteroatoms. The lowest BCUT2D eigenvalue weighted by atomic mass is 10.2. The van der Waals surface area contributed by atoms with Crippen LogP contribution in [0.15, 0.2) is 86.9 Å². The Bertz CT molecular complexity index is 1470. The van der Waals surface area contributed by atoms with Gasteiger partial charge in [0.1, 0.15) is 13.8 Å². The average molecular weight is 696 g/mol. The van der Waals surface area contributed by atoms with Gasteiger partial charge in [-0.25, -0.2) is 25.0 Å². The third-order valence-corrected chi connectivity index (χ3v) is 5.86. The highest BCUT2D eigenvalue weighted by atomic mass is 79.9. The number of hydroxylamine groups is 2. The third-order valence-electron chi connectivity index (χ3n) is 4.53. The number of aromatic nitrogens is 6. The number of amides is 1. The molecule has 0 bridgehead atoms. The molecule has 5 heterocycles. The van der Waals surface area contributed by atoms with Crippen molar-refractivity contribution in [1.82, 2.24) is 35.2 Å². The second-order valence-corrected chi connectivity index (χ2v) is 9.37. The maximum atomic E-state index is 12.9. The number of hydrogen-bond donors (Lipinski definition) is 1. The maximum Gasteiger partial charge on any atom is 0.281 e. The van der Waals surface area contributed by atoms with E-state index < -0.39 is 11.9 Å². The van der Waals surface area contributed by atoms with Crippen molar-refractivity contribution in [2.24, 2.45) is 0 Å². The molecule has 5 rings (SSSR count). The molecule has 0 saturated heterocycles. The lowest BCUT2D eigenvalue weighted by Crippen LogP contribution is -2.26. The van der Waals surface area contributed by atoms with Gasteiger partial charge in [0.2, 0.25) is 5.95 Å². The smallest absolute Gasteiger partial charge is 0.274 e. The summed E-state index contributed by atoms with van der Waals surface area (Å²) < 4.78 is 15.4. The van der Waals surface area contributed by atoms with E-state index in [0.717, 1.165) is 35.6 Å². The molecule has 0 radical (unpaired) electrons. The van der Waals surface area contributed by atoms with E-state index in [-0.39, 0.29) is 5.56 Å². The molecule has 0 spiro atoms. The lowest BCUT2D eigenvalue weighted by Gasteiger charge is -2.13. The largest absolute Gasteiger partial charge is 0.281 e. The molecule has 5 aromatic heterocycles. The van der Waals surface area contributed by atoms with Gasteiger partial charge >= 0.3 is 0 Å². The Kier molecular flexibility index (Phi) is 10.7. The fourth-order valence-corrected chi connectivity index (χ4v) is 4.04. The van der Waals surface area contributed by atoms with Crippen LogP contribution in [0.5, 0.6) is 0 Å². The van der Waals surface area contributed by atoms with Crippen LogP contribution in [0.25, 0.3) is 22.4 Å². The van der Waals surface area contributed by atoms with Gasteiger partial charge in [0, 0.05) is 24.8 Å². The van der Waals surface area contributed by atoms with Crippen LogP contribution in [0.3, 0.4) is 0 Å². The summed E-state index contributed by atoms with van der Waals surface area (Å²) in [6, 6.07) is 18.1. The van der Waals surface area contributed by atoms with Crippen molar-refractivity contribution < 1.29 is 14.0 Å². The minimum absolute atomic E-state index is 0.105. The van der Waals surface area contributed by atoms with Crippen LogP contribution in [0.4, 0.5) is 4.39 Å². The zero-order valence-electron chi connectivity index (χ0n) is 19.4. The predicted molar refractivity (Wildman–Crippen MR) is 148 cm³/mol. The van der Waals surface area contributed by atoms with Crippen molar-refractivity contribution in [2.75, 3.05) is 14.2 Å². The number of carbonyl (C=O) groups excluding carboxylic acids is 1. The highest BCUT2D eigenvalue weighted by Gasteiger charge is 2.16. The molecule has 9 nitrogen and oxygen atoms in total. The molecule has 1 amide bonds. The highest BCUT2D eigenvalue weighted by molar-refractivity contribution is 9.11. The number of H-pyrrole nitrogens is 1. The van der Waals surface area contributed by atoms with Crippen molar-refractivity contribution in [1.29, 1.82) is 0 Å². The van der Waals surface area contributed by atoms with Gasteiger partial charge in [0.05, 0.1) is 24.1 Å². The first-order chi connectivity index (χ1) is 17.8. The quantitative estimate of drug-likeness (QED) is 0.176. The first-order valence-corrected chi connectivity index (χ1v) is 12.8. The van der Waals surface area contributed by atoms with Crippen molar-refractivity contribution in [3.05, 3.63) is 98.4 Å². The van der Waals surface area contributed by atoms with E-state index in [1.807, 2.05) is 48.5 Å². The Morgan fingerprint density at radius 3 is 2.11 bits per heavy atom. The van der Waals surface area contributed by atoms with Gasteiger partial charge in [-0.3, -0.25) is 14.7 Å². The van der Waals surface area contributed by atoms with Crippen molar-refractivity contribution in [2.45, 2.75) is 0 Å². The van der Waals surface area contributed by atoms with Gasteiger partial charge in [0.15, 0.2) is 5.65 Å². The summed E-state index contributed by atoms with van der Waals surface area (Å²) in [5, 5.41) is 9.01. The first-order valence-electron chi connectivity index (χ1n) is 10.4. The predicted octanol–water partition coefficient (Wildman–Crippen LogP) is 6.24. The summed E-state index contributed by atoms with van der Waals surface area (Å²) in [7, 11) is 2.72. The van der Waals surface area contributed by atoms with Crippen LogP contribution in [0, 0.1) is 5.95 Å². The molecule has 0 saturated carbocycles. The number of hydrogen-bond acceptors (Lipinski definition) is 7. The van der Waals surface area contributed by atoms with Gasteiger partial charge in [0.25, 0.3) is 5.91 Å². The fourth-order valence-electron chi connectivity index (χ4n) is 2.77. The first kappa shape index (κ1) is 28.4. The van der Waals surface area contributed by atoms with Crippen LogP contribution in [-0.2, 0) is 4.84 Å². The van der Waals surface area contributed by atoms with Crippen LogP contribution < -0.4 is 0 Å². The molecule has 190 valence electrons. The zero-order chi connectivity index (χ0) is 26.8. The highest BCUT2D eigenvalue weighted by Crippen LogP contribution is 2.24. The standard InChI is InChI=1S/C11H7BrN4.C8H9FN2O2.C5H3Br2N/c12-9-5-1-4-8(14-9)10-7-3-2-6-13-11(7)16-15-10;1-11(13-2)8(12)6-4-3-5-10-7(6)9;6-4-2-1-3-5(7)8-4/h1-6H,(H,13,15,16);3-5H,1-2H3;1-3H. The van der Waals surface area contributed by atoms with Crippen molar-refractivity contribution in [3.63, 3.8) is 0 Å². The van der Waals surface area contributed by atoms with E-state index in [2.05, 4.69) is 82.8 Å². The molecular weight excluding hydrogens is 677 g/mol. The van der Waals surface area contributed by atoms with Gasteiger partial charge in [-0.05, 0) is 96.3 Å². The van der Waals surface area contributed by atoms with Gasteiger partial charge in [-0.2, -0.15) is 9.49 Å². The SMILES string of the molecule is Brc1cccc(-c2[nH]nc3ncccc23)n1.Brc1cccc(Br)n1.CON(C)C(=O)c1cccnc1F. The zero-order valence-corrected chi connectivity index (χ0v) is 24.2. The van der Waals surface area contributed by atoms with Crippen LogP contribution >= 0.6 is 47.8 Å². The number of halogens is 4. The molecule has 0 aliphatic carbocycles. The molecule has 1 N–H and O–H groups in total. The van der Waals surface area contributed by atoms with Gasteiger partial charge in [-0.1, -0.05) is 12.1 Å². The monoisotopic (exact) mass is 693 g/mol. The molecular formula is C24H19Br3FN7O2. The lowest BCUT2D eigenvalue weighted by molar-refractivity contribution is -0.0760. The maximum absolute atomic E-state index is 12.9. The normalized spacial score (nSPS) is 10.1. The van der Waals surface area contributed by atoms with Crippen LogP contribution in [0.1, 0.15) is 10.4 Å². The van der Waals surface area contributed by atoms with Gasteiger partial charge in [-0.15, -0.1) is 0 Å².